The molecule has 1 fully saturated rings. The Morgan fingerprint density at radius 2 is 1.76 bits per heavy atom. The van der Waals surface area contributed by atoms with E-state index in [-0.39, 0.29) is 18.7 Å². The van der Waals surface area contributed by atoms with Crippen LogP contribution >= 0.6 is 0 Å². The van der Waals surface area contributed by atoms with Crippen molar-refractivity contribution in [1.82, 2.24) is 15.2 Å². The third-order valence-electron chi connectivity index (χ3n) is 6.63. The van der Waals surface area contributed by atoms with Crippen molar-refractivity contribution in [2.24, 2.45) is 0 Å². The molecule has 12 heteroatoms. The van der Waals surface area contributed by atoms with Crippen molar-refractivity contribution in [1.29, 1.82) is 0 Å². The first-order valence-corrected chi connectivity index (χ1v) is 13.1. The van der Waals surface area contributed by atoms with Crippen molar-refractivity contribution in [3.05, 3.63) is 89.2 Å². The average molecular weight is 572 g/mol. The molecule has 1 aliphatic heterocycles. The number of ether oxygens (including phenoxy) is 2. The monoisotopic (exact) mass is 571 g/mol. The van der Waals surface area contributed by atoms with Gasteiger partial charge in [0.25, 0.3) is 5.91 Å². The zero-order valence-corrected chi connectivity index (χ0v) is 22.6. The zero-order chi connectivity index (χ0) is 29.2. The molecule has 2 N–H and O–H groups in total. The van der Waals surface area contributed by atoms with Crippen LogP contribution < -0.4 is 15.5 Å². The van der Waals surface area contributed by atoms with Gasteiger partial charge in [0.05, 0.1) is 17.7 Å². The molecule has 3 aromatic rings. The van der Waals surface area contributed by atoms with Gasteiger partial charge in [-0.1, -0.05) is 18.2 Å². The summed E-state index contributed by atoms with van der Waals surface area (Å²) in [7, 11) is 1.64. The van der Waals surface area contributed by atoms with Crippen LogP contribution in [-0.4, -0.2) is 68.3 Å². The van der Waals surface area contributed by atoms with Crippen LogP contribution in [0.3, 0.4) is 0 Å². The molecule has 0 radical (unpaired) electrons. The van der Waals surface area contributed by atoms with Crippen LogP contribution in [0.5, 0.6) is 0 Å². The summed E-state index contributed by atoms with van der Waals surface area (Å²) in [5, 5.41) is 5.35. The Bertz CT molecular complexity index is 1300. The molecule has 1 aromatic heterocycles. The number of pyridine rings is 1. The lowest BCUT2D eigenvalue weighted by Crippen LogP contribution is -2.47. The molecular weight excluding hydrogens is 539 g/mol. The number of hydrogen-bond donors (Lipinski definition) is 2. The molecule has 1 aliphatic rings. The number of aromatic nitrogens is 1. The zero-order valence-electron chi connectivity index (χ0n) is 22.6. The molecule has 1 saturated heterocycles. The number of nitrogens with zero attached hydrogens (tertiary/aromatic N) is 3. The normalized spacial score (nSPS) is 14.0. The highest BCUT2D eigenvalue weighted by Crippen LogP contribution is 2.33. The van der Waals surface area contributed by atoms with Gasteiger partial charge in [-0.05, 0) is 42.0 Å². The maximum atomic E-state index is 13.5. The average Bonchev–Trinajstić information content (AvgIpc) is 2.98. The molecule has 2 heterocycles. The quantitative estimate of drug-likeness (QED) is 0.369. The van der Waals surface area contributed by atoms with Crippen LogP contribution in [0.4, 0.5) is 29.3 Å². The summed E-state index contributed by atoms with van der Waals surface area (Å²) in [5.74, 6) is -0.641. The summed E-state index contributed by atoms with van der Waals surface area (Å²) in [4.78, 5) is 33.3. The lowest BCUT2D eigenvalue weighted by Gasteiger charge is -2.36. The molecule has 0 spiro atoms. The molecule has 0 aliphatic carbocycles. The highest BCUT2D eigenvalue weighted by molar-refractivity contribution is 6.08. The number of benzene rings is 2. The number of nitrogens with one attached hydrogen (secondary N) is 2. The lowest BCUT2D eigenvalue weighted by atomic mass is 10.0. The minimum absolute atomic E-state index is 0.0488. The molecule has 2 aromatic carbocycles. The number of halogens is 3. The van der Waals surface area contributed by atoms with Crippen molar-refractivity contribution < 1.29 is 32.2 Å². The Morgan fingerprint density at radius 1 is 1.00 bits per heavy atom. The molecule has 0 atom stereocenters. The second-order valence-corrected chi connectivity index (χ2v) is 9.49. The number of carbonyl (C=O) groups is 2. The minimum Gasteiger partial charge on any atom is -0.445 e. The summed E-state index contributed by atoms with van der Waals surface area (Å²) >= 11 is 0. The Hall–Kier alpha value is -4.16. The Morgan fingerprint density at radius 3 is 2.41 bits per heavy atom. The van der Waals surface area contributed by atoms with E-state index in [0.717, 1.165) is 29.8 Å². The maximum Gasteiger partial charge on any atom is 0.416 e. The molecule has 2 amide bonds. The van der Waals surface area contributed by atoms with Gasteiger partial charge < -0.3 is 25.0 Å². The number of amides is 2. The van der Waals surface area contributed by atoms with E-state index in [1.165, 1.54) is 6.07 Å². The van der Waals surface area contributed by atoms with Crippen LogP contribution in [0.25, 0.3) is 0 Å². The third kappa shape index (κ3) is 8.66. The fourth-order valence-corrected chi connectivity index (χ4v) is 4.36. The molecule has 0 saturated carbocycles. The molecule has 41 heavy (non-hydrogen) atoms. The van der Waals surface area contributed by atoms with E-state index in [2.05, 4.69) is 20.5 Å². The van der Waals surface area contributed by atoms with Gasteiger partial charge in [0.15, 0.2) is 0 Å². The molecule has 4 rings (SSSR count). The molecule has 0 bridgehead atoms. The summed E-state index contributed by atoms with van der Waals surface area (Å²) in [5.41, 5.74) is 1.43. The Labute approximate surface area is 236 Å². The van der Waals surface area contributed by atoms with Crippen molar-refractivity contribution in [3.8, 4) is 0 Å². The van der Waals surface area contributed by atoms with Crippen LogP contribution in [0.2, 0.25) is 0 Å². The van der Waals surface area contributed by atoms with Crippen molar-refractivity contribution >= 4 is 23.4 Å². The van der Waals surface area contributed by atoms with E-state index in [9.17, 15) is 22.8 Å². The second kappa shape index (κ2) is 14.0. The summed E-state index contributed by atoms with van der Waals surface area (Å²) in [6.07, 6.45) is -1.95. The van der Waals surface area contributed by atoms with Gasteiger partial charge in [-0.2, -0.15) is 13.2 Å². The van der Waals surface area contributed by atoms with E-state index < -0.39 is 23.7 Å². The fraction of sp³-hybridized carbons (Fsp3) is 0.345. The third-order valence-corrected chi connectivity index (χ3v) is 6.63. The molecular formula is C29H32F3N5O4. The van der Waals surface area contributed by atoms with Gasteiger partial charge in [-0.15, -0.1) is 0 Å². The highest BCUT2D eigenvalue weighted by Gasteiger charge is 2.33. The van der Waals surface area contributed by atoms with Crippen LogP contribution in [-0.2, 0) is 28.8 Å². The first-order valence-electron chi connectivity index (χ1n) is 13.1. The second-order valence-electron chi connectivity index (χ2n) is 9.49. The van der Waals surface area contributed by atoms with Crippen LogP contribution in [0, 0.1) is 0 Å². The first-order chi connectivity index (χ1) is 19.7. The smallest absolute Gasteiger partial charge is 0.416 e. The fourth-order valence-electron chi connectivity index (χ4n) is 4.36. The molecule has 0 unspecified atom stereocenters. The van der Waals surface area contributed by atoms with Crippen molar-refractivity contribution in [2.75, 3.05) is 56.7 Å². The largest absolute Gasteiger partial charge is 0.445 e. The standard InChI is InChI=1S/C29H32F3N5O4/c1-40-16-15-36-11-13-37(14-12-36)26-9-6-23(29(30,31)32)17-25(26)27(38)35-24-7-4-21(5-8-24)19-34-28(39)41-20-22-3-2-10-33-18-22/h2-10,17-18H,11-16,19-20H2,1H3,(H,34,39)(H,35,38). The van der Waals surface area contributed by atoms with Gasteiger partial charge in [0, 0.05) is 75.7 Å². The van der Waals surface area contributed by atoms with Gasteiger partial charge in [-0.3, -0.25) is 14.7 Å². The highest BCUT2D eigenvalue weighted by atomic mass is 19.4. The predicted molar refractivity (Wildman–Crippen MR) is 148 cm³/mol. The topological polar surface area (TPSA) is 96.0 Å². The van der Waals surface area contributed by atoms with E-state index in [1.807, 2.05) is 4.90 Å². The van der Waals surface area contributed by atoms with E-state index in [4.69, 9.17) is 9.47 Å². The SMILES string of the molecule is COCCN1CCN(c2ccc(C(F)(F)F)cc2C(=O)Nc2ccc(CNC(=O)OCc3cccnc3)cc2)CC1. The van der Waals surface area contributed by atoms with Gasteiger partial charge >= 0.3 is 12.3 Å². The number of piperazine rings is 1. The Kier molecular flexibility index (Phi) is 10.1. The number of alkyl carbamates (subject to hydrolysis) is 1. The summed E-state index contributed by atoms with van der Waals surface area (Å²) < 4.78 is 50.8. The van der Waals surface area contributed by atoms with Crippen molar-refractivity contribution in [2.45, 2.75) is 19.3 Å². The van der Waals surface area contributed by atoms with Crippen LogP contribution in [0.15, 0.2) is 67.0 Å². The Balaban J connectivity index is 1.37. The lowest BCUT2D eigenvalue weighted by molar-refractivity contribution is -0.137. The van der Waals surface area contributed by atoms with Crippen molar-refractivity contribution in [3.63, 3.8) is 0 Å². The summed E-state index contributed by atoms with van der Waals surface area (Å²) in [6, 6.07) is 13.5. The first kappa shape index (κ1) is 29.8. The van der Waals surface area contributed by atoms with Gasteiger partial charge in [0.1, 0.15) is 6.61 Å². The van der Waals surface area contributed by atoms with E-state index >= 15 is 0 Å². The number of hydrogen-bond acceptors (Lipinski definition) is 7. The van der Waals surface area contributed by atoms with Gasteiger partial charge in [-0.25, -0.2) is 4.79 Å². The minimum atomic E-state index is -4.58. The summed E-state index contributed by atoms with van der Waals surface area (Å²) in [6.45, 7) is 4.20. The van der Waals surface area contributed by atoms with Gasteiger partial charge in [0.2, 0.25) is 0 Å². The number of carbonyl (C=O) groups excluding carboxylic acids is 2. The number of alkyl halides is 3. The number of rotatable bonds is 10. The number of anilines is 2. The van der Waals surface area contributed by atoms with E-state index in [0.29, 0.717) is 44.2 Å². The molecule has 9 nitrogen and oxygen atoms in total. The maximum absolute atomic E-state index is 13.5. The molecule has 218 valence electrons. The van der Waals surface area contributed by atoms with Crippen LogP contribution in [0.1, 0.15) is 27.0 Å². The predicted octanol–water partition coefficient (Wildman–Crippen LogP) is 4.55. The van der Waals surface area contributed by atoms with E-state index in [1.54, 1.807) is 55.9 Å². The number of methoxy groups -OCH3 is 1.